The molecule has 1 aliphatic heterocycles. The number of hydrogen-bond acceptors (Lipinski definition) is 2. The molecule has 0 spiro atoms. The smallest absolute Gasteiger partial charge is 0.0320 e. The van der Waals surface area contributed by atoms with Gasteiger partial charge in [-0.05, 0) is 18.8 Å². The van der Waals surface area contributed by atoms with E-state index in [1.54, 1.807) is 0 Å². The molecule has 0 aromatic heterocycles. The largest absolute Gasteiger partial charge is 0.314 e. The van der Waals surface area contributed by atoms with Crippen LogP contribution < -0.4 is 10.6 Å². The maximum absolute atomic E-state index is 3.79. The Morgan fingerprint density at radius 1 is 1.23 bits per heavy atom. The van der Waals surface area contributed by atoms with Crippen LogP contribution in [0.4, 0.5) is 0 Å². The molecule has 13 heavy (non-hydrogen) atoms. The van der Waals surface area contributed by atoms with Crippen LogP contribution in [0.1, 0.15) is 39.0 Å². The van der Waals surface area contributed by atoms with Gasteiger partial charge in [-0.1, -0.05) is 26.2 Å². The fourth-order valence-electron chi connectivity index (χ4n) is 2.62. The fraction of sp³-hybridized carbons (Fsp3) is 1.00. The molecule has 2 nitrogen and oxygen atoms in total. The average molecular weight is 182 g/mol. The summed E-state index contributed by atoms with van der Waals surface area (Å²) in [5, 5.41) is 7.11. The Morgan fingerprint density at radius 2 is 2.00 bits per heavy atom. The summed E-state index contributed by atoms with van der Waals surface area (Å²) in [6.07, 6.45) is 7.12. The van der Waals surface area contributed by atoms with Crippen LogP contribution in [0.15, 0.2) is 0 Å². The molecule has 2 N–H and O–H groups in total. The van der Waals surface area contributed by atoms with Gasteiger partial charge in [0.2, 0.25) is 0 Å². The van der Waals surface area contributed by atoms with Crippen LogP contribution in [-0.2, 0) is 0 Å². The Kier molecular flexibility index (Phi) is 3.23. The Labute approximate surface area is 81.5 Å². The van der Waals surface area contributed by atoms with E-state index in [2.05, 4.69) is 17.6 Å². The van der Waals surface area contributed by atoms with Gasteiger partial charge in [0.05, 0.1) is 0 Å². The van der Waals surface area contributed by atoms with Gasteiger partial charge in [0, 0.05) is 25.2 Å². The van der Waals surface area contributed by atoms with Gasteiger partial charge in [0.15, 0.2) is 0 Å². The molecule has 2 rings (SSSR count). The molecular weight excluding hydrogens is 160 g/mol. The molecule has 2 atom stereocenters. The summed E-state index contributed by atoms with van der Waals surface area (Å²) in [5.74, 6) is 0.953. The van der Waals surface area contributed by atoms with E-state index in [4.69, 9.17) is 0 Å². The number of hydrogen-bond donors (Lipinski definition) is 2. The van der Waals surface area contributed by atoms with Crippen molar-refractivity contribution in [2.45, 2.75) is 51.1 Å². The zero-order chi connectivity index (χ0) is 9.10. The normalized spacial score (nSPS) is 35.8. The maximum Gasteiger partial charge on any atom is 0.0320 e. The van der Waals surface area contributed by atoms with Crippen molar-refractivity contribution < 1.29 is 0 Å². The summed E-state index contributed by atoms with van der Waals surface area (Å²) in [6.45, 7) is 4.71. The molecule has 2 fully saturated rings. The van der Waals surface area contributed by atoms with Crippen LogP contribution >= 0.6 is 0 Å². The lowest BCUT2D eigenvalue weighted by molar-refractivity contribution is 0.213. The van der Waals surface area contributed by atoms with Crippen LogP contribution in [0, 0.1) is 5.92 Å². The minimum absolute atomic E-state index is 0.775. The van der Waals surface area contributed by atoms with E-state index in [1.807, 2.05) is 0 Å². The summed E-state index contributed by atoms with van der Waals surface area (Å²) >= 11 is 0. The second kappa shape index (κ2) is 4.43. The highest BCUT2D eigenvalue weighted by molar-refractivity contribution is 4.88. The highest BCUT2D eigenvalue weighted by Crippen LogP contribution is 2.27. The lowest BCUT2D eigenvalue weighted by Crippen LogP contribution is -2.59. The highest BCUT2D eigenvalue weighted by atomic mass is 15.1. The summed E-state index contributed by atoms with van der Waals surface area (Å²) in [6, 6.07) is 1.60. The minimum atomic E-state index is 0.775. The maximum atomic E-state index is 3.79. The molecule has 1 saturated carbocycles. The second-order valence-electron chi connectivity index (χ2n) is 4.58. The quantitative estimate of drug-likeness (QED) is 0.691. The van der Waals surface area contributed by atoms with E-state index in [1.165, 1.54) is 45.2 Å². The first-order chi connectivity index (χ1) is 6.40. The summed E-state index contributed by atoms with van der Waals surface area (Å²) in [4.78, 5) is 0. The van der Waals surface area contributed by atoms with Crippen LogP contribution in [0.2, 0.25) is 0 Å². The van der Waals surface area contributed by atoms with E-state index in [0.29, 0.717) is 0 Å². The molecule has 1 aliphatic carbocycles. The van der Waals surface area contributed by atoms with Crippen molar-refractivity contribution in [3.63, 3.8) is 0 Å². The van der Waals surface area contributed by atoms with Gasteiger partial charge in [-0.15, -0.1) is 0 Å². The first kappa shape index (κ1) is 9.47. The SMILES string of the molecule is CCC1CCCCC1NC1CNC1. The number of rotatable bonds is 3. The van der Waals surface area contributed by atoms with Crippen molar-refractivity contribution in [3.05, 3.63) is 0 Å². The molecule has 2 heteroatoms. The standard InChI is InChI=1S/C11H22N2/c1-2-9-5-3-4-6-11(9)13-10-7-12-8-10/h9-13H,2-8H2,1H3. The van der Waals surface area contributed by atoms with Crippen LogP contribution in [0.5, 0.6) is 0 Å². The Balaban J connectivity index is 1.79. The van der Waals surface area contributed by atoms with Crippen molar-refractivity contribution >= 4 is 0 Å². The molecule has 0 amide bonds. The Hall–Kier alpha value is -0.0800. The summed E-state index contributed by atoms with van der Waals surface area (Å²) in [7, 11) is 0. The van der Waals surface area contributed by atoms with E-state index in [-0.39, 0.29) is 0 Å². The fourth-order valence-corrected chi connectivity index (χ4v) is 2.62. The van der Waals surface area contributed by atoms with Crippen LogP contribution in [0.25, 0.3) is 0 Å². The molecular formula is C11H22N2. The predicted octanol–water partition coefficient (Wildman–Crippen LogP) is 1.52. The Bertz CT molecular complexity index is 154. The molecule has 0 radical (unpaired) electrons. The highest BCUT2D eigenvalue weighted by Gasteiger charge is 2.27. The van der Waals surface area contributed by atoms with Gasteiger partial charge < -0.3 is 10.6 Å². The van der Waals surface area contributed by atoms with Crippen LogP contribution in [-0.4, -0.2) is 25.2 Å². The molecule has 1 heterocycles. The molecule has 76 valence electrons. The molecule has 0 bridgehead atoms. The third-order valence-corrected chi connectivity index (χ3v) is 3.66. The topological polar surface area (TPSA) is 24.1 Å². The van der Waals surface area contributed by atoms with Gasteiger partial charge in [-0.2, -0.15) is 0 Å². The molecule has 0 aromatic carbocycles. The van der Waals surface area contributed by atoms with Crippen molar-refractivity contribution in [1.82, 2.24) is 10.6 Å². The van der Waals surface area contributed by atoms with Gasteiger partial charge in [-0.25, -0.2) is 0 Å². The van der Waals surface area contributed by atoms with Gasteiger partial charge >= 0.3 is 0 Å². The van der Waals surface area contributed by atoms with Crippen molar-refractivity contribution in [2.75, 3.05) is 13.1 Å². The zero-order valence-corrected chi connectivity index (χ0v) is 8.68. The van der Waals surface area contributed by atoms with Gasteiger partial charge in [0.25, 0.3) is 0 Å². The van der Waals surface area contributed by atoms with E-state index in [0.717, 1.165) is 18.0 Å². The minimum Gasteiger partial charge on any atom is -0.314 e. The second-order valence-corrected chi connectivity index (χ2v) is 4.58. The van der Waals surface area contributed by atoms with Crippen molar-refractivity contribution in [2.24, 2.45) is 5.92 Å². The zero-order valence-electron chi connectivity index (χ0n) is 8.68. The average Bonchev–Trinajstić information content (AvgIpc) is 2.12. The molecule has 0 aromatic rings. The lowest BCUT2D eigenvalue weighted by Gasteiger charge is -2.38. The lowest BCUT2D eigenvalue weighted by atomic mass is 9.82. The monoisotopic (exact) mass is 182 g/mol. The van der Waals surface area contributed by atoms with E-state index in [9.17, 15) is 0 Å². The van der Waals surface area contributed by atoms with Gasteiger partial charge in [0.1, 0.15) is 0 Å². The molecule has 1 saturated heterocycles. The van der Waals surface area contributed by atoms with Crippen LogP contribution in [0.3, 0.4) is 0 Å². The third kappa shape index (κ3) is 2.23. The van der Waals surface area contributed by atoms with Gasteiger partial charge in [-0.3, -0.25) is 0 Å². The first-order valence-electron chi connectivity index (χ1n) is 5.87. The van der Waals surface area contributed by atoms with E-state index >= 15 is 0 Å². The number of nitrogens with one attached hydrogen (secondary N) is 2. The first-order valence-corrected chi connectivity index (χ1v) is 5.87. The third-order valence-electron chi connectivity index (χ3n) is 3.66. The summed E-state index contributed by atoms with van der Waals surface area (Å²) < 4.78 is 0. The molecule has 2 aliphatic rings. The molecule has 2 unspecified atom stereocenters. The van der Waals surface area contributed by atoms with E-state index < -0.39 is 0 Å². The Morgan fingerprint density at radius 3 is 2.62 bits per heavy atom. The van der Waals surface area contributed by atoms with Crippen molar-refractivity contribution in [3.8, 4) is 0 Å². The predicted molar refractivity (Wildman–Crippen MR) is 55.8 cm³/mol. The van der Waals surface area contributed by atoms with Crippen molar-refractivity contribution in [1.29, 1.82) is 0 Å². The summed E-state index contributed by atoms with van der Waals surface area (Å²) in [5.41, 5.74) is 0.